The van der Waals surface area contributed by atoms with Gasteiger partial charge < -0.3 is 21.5 Å². The molecule has 7 nitrogen and oxygen atoms in total. The highest BCUT2D eigenvalue weighted by atomic mass is 16.4. The van der Waals surface area contributed by atoms with Crippen molar-refractivity contribution in [3.63, 3.8) is 0 Å². The van der Waals surface area contributed by atoms with Crippen LogP contribution in [0.5, 0.6) is 0 Å². The lowest BCUT2D eigenvalue weighted by Crippen LogP contribution is -2.48. The van der Waals surface area contributed by atoms with Crippen LogP contribution in [0.4, 0.5) is 4.79 Å². The Bertz CT molecular complexity index is 402. The first-order valence-corrected chi connectivity index (χ1v) is 6.48. The summed E-state index contributed by atoms with van der Waals surface area (Å²) in [6, 6.07) is -1.82. The molecule has 0 radical (unpaired) electrons. The predicted octanol–water partition coefficient (Wildman–Crippen LogP) is -0.196. The second kappa shape index (κ2) is 5.07. The molecule has 0 aliphatic heterocycles. The first kappa shape index (κ1) is 13.6. The van der Waals surface area contributed by atoms with Gasteiger partial charge in [-0.05, 0) is 37.0 Å². The van der Waals surface area contributed by atoms with Gasteiger partial charge in [-0.3, -0.25) is 4.79 Å². The molecule has 1 atom stereocenters. The lowest BCUT2D eigenvalue weighted by atomic mass is 10.0. The number of rotatable bonds is 7. The highest BCUT2D eigenvalue weighted by Gasteiger charge is 2.53. The van der Waals surface area contributed by atoms with E-state index >= 15 is 0 Å². The number of urea groups is 1. The number of carboxylic acid groups (broad SMARTS) is 1. The molecule has 0 spiro atoms. The maximum atomic E-state index is 11.6. The molecule has 0 aromatic heterocycles. The average Bonchev–Trinajstić information content (AvgIpc) is 3.15. The number of aliphatic carboxylic acids is 1. The molecule has 2 aliphatic carbocycles. The number of nitrogens with one attached hydrogen (secondary N) is 2. The van der Waals surface area contributed by atoms with Gasteiger partial charge in [-0.1, -0.05) is 0 Å². The number of amides is 3. The average molecular weight is 269 g/mol. The van der Waals surface area contributed by atoms with E-state index in [1.165, 1.54) is 12.8 Å². The van der Waals surface area contributed by atoms with Gasteiger partial charge in [0.25, 0.3) is 0 Å². The molecule has 2 rings (SSSR count). The molecular weight excluding hydrogens is 250 g/mol. The normalized spacial score (nSPS) is 21.3. The van der Waals surface area contributed by atoms with Gasteiger partial charge in [0.05, 0.1) is 6.42 Å². The largest absolute Gasteiger partial charge is 0.480 e. The summed E-state index contributed by atoms with van der Waals surface area (Å²) in [5.41, 5.74) is 5.18. The molecule has 0 saturated heterocycles. The Morgan fingerprint density at radius 3 is 2.37 bits per heavy atom. The Balaban J connectivity index is 1.76. The van der Waals surface area contributed by atoms with Crippen LogP contribution in [0.15, 0.2) is 0 Å². The molecule has 0 aromatic rings. The third kappa shape index (κ3) is 3.59. The fourth-order valence-corrected chi connectivity index (χ4v) is 2.45. The summed E-state index contributed by atoms with van der Waals surface area (Å²) in [4.78, 5) is 33.2. The first-order chi connectivity index (χ1) is 8.93. The van der Waals surface area contributed by atoms with Gasteiger partial charge in [-0.2, -0.15) is 0 Å². The van der Waals surface area contributed by atoms with Crippen molar-refractivity contribution < 1.29 is 19.5 Å². The van der Waals surface area contributed by atoms with Crippen molar-refractivity contribution in [2.24, 2.45) is 17.1 Å². The summed E-state index contributed by atoms with van der Waals surface area (Å²) < 4.78 is 0. The molecule has 2 aliphatic rings. The van der Waals surface area contributed by atoms with Crippen LogP contribution in [0.25, 0.3) is 0 Å². The van der Waals surface area contributed by atoms with Crippen molar-refractivity contribution in [1.82, 2.24) is 10.6 Å². The minimum Gasteiger partial charge on any atom is -0.480 e. The SMILES string of the molecule is NC(=O)C[C@H](NC(=O)NCC1(C2CC2)CC1)C(=O)O. The number of carbonyl (C=O) groups excluding carboxylic acids is 2. The number of carbonyl (C=O) groups is 3. The number of primary amides is 1. The van der Waals surface area contributed by atoms with Crippen LogP contribution < -0.4 is 16.4 Å². The lowest BCUT2D eigenvalue weighted by Gasteiger charge is -2.17. The summed E-state index contributed by atoms with van der Waals surface area (Å²) in [6.07, 6.45) is 4.30. The first-order valence-electron chi connectivity index (χ1n) is 6.48. The summed E-state index contributed by atoms with van der Waals surface area (Å²) in [7, 11) is 0. The van der Waals surface area contributed by atoms with Crippen molar-refractivity contribution in [2.45, 2.75) is 38.1 Å². The number of nitrogens with two attached hydrogens (primary N) is 1. The monoisotopic (exact) mass is 269 g/mol. The molecule has 2 saturated carbocycles. The van der Waals surface area contributed by atoms with Gasteiger partial charge in [-0.25, -0.2) is 9.59 Å². The van der Waals surface area contributed by atoms with E-state index in [9.17, 15) is 14.4 Å². The van der Waals surface area contributed by atoms with Gasteiger partial charge in [0.15, 0.2) is 0 Å². The third-order valence-corrected chi connectivity index (χ3v) is 3.95. The minimum absolute atomic E-state index is 0.250. The standard InChI is InChI=1S/C12H19N3O4/c13-9(16)5-8(10(17)18)15-11(19)14-6-12(3-4-12)7-1-2-7/h7-8H,1-6H2,(H2,13,16)(H,17,18)(H2,14,15,19)/t8-/m0/s1. The van der Waals surface area contributed by atoms with Crippen LogP contribution in [0, 0.1) is 11.3 Å². The summed E-state index contributed by atoms with van der Waals surface area (Å²) in [6.45, 7) is 0.576. The van der Waals surface area contributed by atoms with Crippen molar-refractivity contribution in [3.05, 3.63) is 0 Å². The van der Waals surface area contributed by atoms with E-state index in [1.54, 1.807) is 0 Å². The van der Waals surface area contributed by atoms with Crippen LogP contribution in [-0.2, 0) is 9.59 Å². The van der Waals surface area contributed by atoms with E-state index in [0.717, 1.165) is 12.8 Å². The molecule has 0 unspecified atom stereocenters. The van der Waals surface area contributed by atoms with Gasteiger partial charge in [0, 0.05) is 6.54 Å². The molecule has 19 heavy (non-hydrogen) atoms. The fraction of sp³-hybridized carbons (Fsp3) is 0.750. The highest BCUT2D eigenvalue weighted by Crippen LogP contribution is 2.60. The predicted molar refractivity (Wildman–Crippen MR) is 66.2 cm³/mol. The third-order valence-electron chi connectivity index (χ3n) is 3.95. The van der Waals surface area contributed by atoms with E-state index in [4.69, 9.17) is 10.8 Å². The van der Waals surface area contributed by atoms with Crippen molar-refractivity contribution in [3.8, 4) is 0 Å². The zero-order valence-corrected chi connectivity index (χ0v) is 10.6. The Morgan fingerprint density at radius 1 is 1.32 bits per heavy atom. The Kier molecular flexibility index (Phi) is 3.64. The van der Waals surface area contributed by atoms with E-state index in [-0.39, 0.29) is 5.41 Å². The van der Waals surface area contributed by atoms with Crippen LogP contribution in [0.3, 0.4) is 0 Å². The van der Waals surface area contributed by atoms with E-state index in [2.05, 4.69) is 10.6 Å². The fourth-order valence-electron chi connectivity index (χ4n) is 2.45. The Morgan fingerprint density at radius 2 is 1.95 bits per heavy atom. The Hall–Kier alpha value is -1.79. The molecular formula is C12H19N3O4. The van der Waals surface area contributed by atoms with Crippen molar-refractivity contribution >= 4 is 17.9 Å². The van der Waals surface area contributed by atoms with E-state index < -0.39 is 30.4 Å². The summed E-state index contributed by atoms with van der Waals surface area (Å²) in [5, 5.41) is 13.8. The number of carboxylic acids is 1. The zero-order valence-electron chi connectivity index (χ0n) is 10.6. The van der Waals surface area contributed by atoms with Gasteiger partial charge >= 0.3 is 12.0 Å². The topological polar surface area (TPSA) is 122 Å². The quantitative estimate of drug-likeness (QED) is 0.511. The molecule has 7 heteroatoms. The molecule has 5 N–H and O–H groups in total. The van der Waals surface area contributed by atoms with Gasteiger partial charge in [-0.15, -0.1) is 0 Å². The molecule has 3 amide bonds. The number of hydrogen-bond donors (Lipinski definition) is 4. The summed E-state index contributed by atoms with van der Waals surface area (Å²) >= 11 is 0. The van der Waals surface area contributed by atoms with Crippen molar-refractivity contribution in [1.29, 1.82) is 0 Å². The maximum absolute atomic E-state index is 11.6. The van der Waals surface area contributed by atoms with E-state index in [1.807, 2.05) is 0 Å². The van der Waals surface area contributed by atoms with Gasteiger partial charge in [0.2, 0.25) is 5.91 Å². The minimum atomic E-state index is -1.27. The van der Waals surface area contributed by atoms with Crippen LogP contribution >= 0.6 is 0 Å². The van der Waals surface area contributed by atoms with Crippen LogP contribution in [0.2, 0.25) is 0 Å². The highest BCUT2D eigenvalue weighted by molar-refractivity contribution is 5.87. The Labute approximate surface area is 110 Å². The zero-order chi connectivity index (χ0) is 14.0. The molecule has 2 fully saturated rings. The smallest absolute Gasteiger partial charge is 0.326 e. The second-order valence-electron chi connectivity index (χ2n) is 5.52. The molecule has 0 heterocycles. The van der Waals surface area contributed by atoms with Crippen LogP contribution in [-0.4, -0.2) is 35.6 Å². The molecule has 0 aromatic carbocycles. The van der Waals surface area contributed by atoms with Crippen molar-refractivity contribution in [2.75, 3.05) is 6.54 Å². The second-order valence-corrected chi connectivity index (χ2v) is 5.52. The molecule has 106 valence electrons. The van der Waals surface area contributed by atoms with E-state index in [0.29, 0.717) is 12.5 Å². The summed E-state index contributed by atoms with van der Waals surface area (Å²) in [5.74, 6) is -1.31. The molecule has 0 bridgehead atoms. The lowest BCUT2D eigenvalue weighted by molar-refractivity contribution is -0.140. The van der Waals surface area contributed by atoms with Gasteiger partial charge in [0.1, 0.15) is 6.04 Å². The number of hydrogen-bond acceptors (Lipinski definition) is 3. The van der Waals surface area contributed by atoms with Crippen LogP contribution in [0.1, 0.15) is 32.1 Å². The maximum Gasteiger partial charge on any atom is 0.326 e.